The maximum Gasteiger partial charge on any atom is 0.251 e. The van der Waals surface area contributed by atoms with Crippen LogP contribution in [0.2, 0.25) is 5.02 Å². The Labute approximate surface area is 188 Å². The molecule has 2 N–H and O–H groups in total. The molecular formula is C23H22ClFN4O3. The van der Waals surface area contributed by atoms with Gasteiger partial charge in [-0.3, -0.25) is 4.79 Å². The molecule has 9 heteroatoms. The maximum atomic E-state index is 13.7. The van der Waals surface area contributed by atoms with Crippen molar-refractivity contribution in [1.82, 2.24) is 14.5 Å². The number of ether oxygens (including phenoxy) is 1. The summed E-state index contributed by atoms with van der Waals surface area (Å²) in [6.07, 6.45) is 4.56. The normalized spacial score (nSPS) is 22.8. The van der Waals surface area contributed by atoms with Gasteiger partial charge in [-0.1, -0.05) is 17.7 Å². The first-order chi connectivity index (χ1) is 15.5. The minimum absolute atomic E-state index is 0.0108. The number of hydrogen-bond acceptors (Lipinski definition) is 6. The molecule has 2 aliphatic rings. The topological polar surface area (TPSA) is 89.3 Å². The van der Waals surface area contributed by atoms with Gasteiger partial charge in [0.05, 0.1) is 36.1 Å². The molecule has 5 rings (SSSR count). The summed E-state index contributed by atoms with van der Waals surface area (Å²) in [6, 6.07) is 9.36. The number of aliphatic hydroxyl groups excluding tert-OH is 1. The van der Waals surface area contributed by atoms with E-state index in [0.717, 1.165) is 19.4 Å². The number of nitrogens with zero attached hydrogens (tertiary/aromatic N) is 3. The highest BCUT2D eigenvalue weighted by atomic mass is 35.5. The molecule has 0 amide bonds. The molecule has 3 unspecified atom stereocenters. The molecule has 2 fully saturated rings. The predicted molar refractivity (Wildman–Crippen MR) is 118 cm³/mol. The molecule has 1 aliphatic heterocycles. The Hall–Kier alpha value is -2.81. The molecule has 0 spiro atoms. The molecule has 1 saturated heterocycles. The lowest BCUT2D eigenvalue weighted by Gasteiger charge is -2.23. The third-order valence-electron chi connectivity index (χ3n) is 6.16. The second-order valence-electron chi connectivity index (χ2n) is 8.30. The molecule has 166 valence electrons. The lowest BCUT2D eigenvalue weighted by atomic mass is 10.1. The van der Waals surface area contributed by atoms with Gasteiger partial charge in [-0.15, -0.1) is 0 Å². The highest BCUT2D eigenvalue weighted by Crippen LogP contribution is 2.36. The summed E-state index contributed by atoms with van der Waals surface area (Å²) in [7, 11) is 0. The zero-order valence-electron chi connectivity index (χ0n) is 17.1. The Kier molecular flexibility index (Phi) is 5.67. The number of aromatic nitrogens is 3. The average molecular weight is 457 g/mol. The minimum atomic E-state index is -1.05. The lowest BCUT2D eigenvalue weighted by Crippen LogP contribution is -2.30. The van der Waals surface area contributed by atoms with Crippen molar-refractivity contribution >= 4 is 17.5 Å². The summed E-state index contributed by atoms with van der Waals surface area (Å²) >= 11 is 5.69. The van der Waals surface area contributed by atoms with Gasteiger partial charge in [0.2, 0.25) is 5.95 Å². The Balaban J connectivity index is 1.31. The number of aliphatic hydroxyl groups is 1. The van der Waals surface area contributed by atoms with Crippen LogP contribution in [0.4, 0.5) is 10.3 Å². The van der Waals surface area contributed by atoms with Gasteiger partial charge in [0, 0.05) is 36.0 Å². The Morgan fingerprint density at radius 2 is 2.16 bits per heavy atom. The number of pyridine rings is 1. The summed E-state index contributed by atoms with van der Waals surface area (Å²) in [5.41, 5.74) is 1.33. The van der Waals surface area contributed by atoms with E-state index in [-0.39, 0.29) is 17.1 Å². The average Bonchev–Trinajstić information content (AvgIpc) is 3.40. The minimum Gasteiger partial charge on any atom is -0.387 e. The third-order valence-corrected chi connectivity index (χ3v) is 6.46. The van der Waals surface area contributed by atoms with Crippen LogP contribution in [0.5, 0.6) is 0 Å². The van der Waals surface area contributed by atoms with E-state index in [1.807, 2.05) is 0 Å². The maximum absolute atomic E-state index is 13.7. The molecule has 7 nitrogen and oxygen atoms in total. The number of hydrogen-bond donors (Lipinski definition) is 2. The van der Waals surface area contributed by atoms with Crippen LogP contribution in [0.15, 0.2) is 53.6 Å². The molecule has 0 radical (unpaired) electrons. The van der Waals surface area contributed by atoms with Crippen molar-refractivity contribution < 1.29 is 14.2 Å². The third kappa shape index (κ3) is 4.26. The van der Waals surface area contributed by atoms with Crippen molar-refractivity contribution in [3.8, 4) is 11.3 Å². The first-order valence-corrected chi connectivity index (χ1v) is 10.9. The van der Waals surface area contributed by atoms with Crippen LogP contribution in [0.25, 0.3) is 11.3 Å². The van der Waals surface area contributed by atoms with Gasteiger partial charge < -0.3 is 19.7 Å². The van der Waals surface area contributed by atoms with Crippen molar-refractivity contribution in [2.24, 2.45) is 5.92 Å². The van der Waals surface area contributed by atoms with Gasteiger partial charge in [0.1, 0.15) is 5.82 Å². The fraction of sp³-hybridized carbons (Fsp3) is 0.348. The van der Waals surface area contributed by atoms with Gasteiger partial charge >= 0.3 is 0 Å². The second-order valence-corrected chi connectivity index (χ2v) is 8.71. The van der Waals surface area contributed by atoms with Crippen molar-refractivity contribution in [2.75, 3.05) is 11.9 Å². The summed E-state index contributed by atoms with van der Waals surface area (Å²) in [5.74, 6) is 0.401. The van der Waals surface area contributed by atoms with Crippen LogP contribution in [0.1, 0.15) is 24.5 Å². The first-order valence-electron chi connectivity index (χ1n) is 10.5. The van der Waals surface area contributed by atoms with Crippen molar-refractivity contribution in [3.05, 3.63) is 75.5 Å². The van der Waals surface area contributed by atoms with E-state index < -0.39 is 11.9 Å². The number of halogens is 2. The number of nitrogens with one attached hydrogen (secondary N) is 1. The fourth-order valence-electron chi connectivity index (χ4n) is 4.41. The van der Waals surface area contributed by atoms with Crippen LogP contribution in [-0.2, 0) is 11.3 Å². The number of anilines is 1. The fourth-order valence-corrected chi connectivity index (χ4v) is 4.53. The molecule has 1 saturated carbocycles. The molecule has 1 aliphatic carbocycles. The largest absolute Gasteiger partial charge is 0.387 e. The van der Waals surface area contributed by atoms with E-state index in [1.54, 1.807) is 24.5 Å². The highest BCUT2D eigenvalue weighted by molar-refractivity contribution is 6.30. The lowest BCUT2D eigenvalue weighted by molar-refractivity contribution is 0.0723. The van der Waals surface area contributed by atoms with Gasteiger partial charge in [0.25, 0.3) is 5.56 Å². The van der Waals surface area contributed by atoms with Crippen LogP contribution in [0.3, 0.4) is 0 Å². The Bertz CT molecular complexity index is 1200. The molecule has 2 bridgehead atoms. The summed E-state index contributed by atoms with van der Waals surface area (Å²) in [5, 5.41) is 13.8. The molecule has 1 aromatic carbocycles. The monoisotopic (exact) mass is 456 g/mol. The van der Waals surface area contributed by atoms with Crippen molar-refractivity contribution in [1.29, 1.82) is 0 Å². The smallest absolute Gasteiger partial charge is 0.251 e. The van der Waals surface area contributed by atoms with E-state index >= 15 is 0 Å². The van der Waals surface area contributed by atoms with Gasteiger partial charge in [-0.25, -0.2) is 14.4 Å². The van der Waals surface area contributed by atoms with Crippen molar-refractivity contribution in [3.63, 3.8) is 0 Å². The van der Waals surface area contributed by atoms with Crippen LogP contribution in [-0.4, -0.2) is 38.4 Å². The zero-order chi connectivity index (χ0) is 22.2. The Morgan fingerprint density at radius 1 is 1.28 bits per heavy atom. The van der Waals surface area contributed by atoms with E-state index in [9.17, 15) is 14.3 Å². The Morgan fingerprint density at radius 3 is 2.88 bits per heavy atom. The molecule has 4 atom stereocenters. The van der Waals surface area contributed by atoms with Crippen LogP contribution >= 0.6 is 11.6 Å². The van der Waals surface area contributed by atoms with Gasteiger partial charge in [0.15, 0.2) is 0 Å². The first kappa shape index (κ1) is 21.1. The van der Waals surface area contributed by atoms with E-state index in [0.29, 0.717) is 40.8 Å². The molecule has 3 aromatic rings. The van der Waals surface area contributed by atoms with Gasteiger partial charge in [-0.05, 0) is 42.7 Å². The van der Waals surface area contributed by atoms with E-state index in [4.69, 9.17) is 16.3 Å². The summed E-state index contributed by atoms with van der Waals surface area (Å²) < 4.78 is 20.7. The second kappa shape index (κ2) is 8.61. The quantitative estimate of drug-likeness (QED) is 0.590. The van der Waals surface area contributed by atoms with Crippen LogP contribution < -0.4 is 10.9 Å². The number of rotatable bonds is 6. The van der Waals surface area contributed by atoms with Crippen molar-refractivity contribution in [2.45, 2.75) is 37.6 Å². The zero-order valence-corrected chi connectivity index (χ0v) is 17.9. The standard InChI is InChI=1S/C23H22ClFN4O3/c24-17-2-1-14(8-18(17)25)21(30)11-29-6-4-13(9-22(29)31)19-3-5-26-23(27-19)28-20-10-16-7-15(20)12-32-16/h1-6,8-9,15-16,20-21,30H,7,10-12H2,(H,26,27,28)/t15?,16?,20?,21-/m0/s1. The van der Waals surface area contributed by atoms with Crippen LogP contribution in [0, 0.1) is 11.7 Å². The molecule has 32 heavy (non-hydrogen) atoms. The molecule has 3 heterocycles. The number of fused-ring (bicyclic) bond motifs is 2. The summed E-state index contributed by atoms with van der Waals surface area (Å²) in [6.45, 7) is 0.762. The SMILES string of the molecule is O=c1cc(-c2ccnc(NC3CC4CC3CO4)n2)ccn1C[C@H](O)c1ccc(Cl)c(F)c1. The molecule has 2 aromatic heterocycles. The van der Waals surface area contributed by atoms with E-state index in [2.05, 4.69) is 15.3 Å². The molecular weight excluding hydrogens is 435 g/mol. The highest BCUT2D eigenvalue weighted by Gasteiger charge is 2.41. The number of benzene rings is 1. The predicted octanol–water partition coefficient (Wildman–Crippen LogP) is 3.42. The van der Waals surface area contributed by atoms with Gasteiger partial charge in [-0.2, -0.15) is 0 Å². The van der Waals surface area contributed by atoms with E-state index in [1.165, 1.54) is 28.8 Å². The summed E-state index contributed by atoms with van der Waals surface area (Å²) in [4.78, 5) is 21.5.